The summed E-state index contributed by atoms with van der Waals surface area (Å²) in [5.41, 5.74) is 6.57. The first-order valence-electron chi connectivity index (χ1n) is 7.30. The maximum atomic E-state index is 12.7. The lowest BCUT2D eigenvalue weighted by Gasteiger charge is -2.26. The molecule has 1 aromatic carbocycles. The molecule has 1 aliphatic rings. The number of hydrogen-bond acceptors (Lipinski definition) is 5. The summed E-state index contributed by atoms with van der Waals surface area (Å²) in [6, 6.07) is 10.1. The van der Waals surface area contributed by atoms with Gasteiger partial charge in [-0.25, -0.2) is 0 Å². The van der Waals surface area contributed by atoms with E-state index in [9.17, 15) is 4.79 Å². The highest BCUT2D eigenvalue weighted by atomic mass is 16.9. The average Bonchev–Trinajstić information content (AvgIpc) is 3.24. The molecule has 1 amide bonds. The minimum Gasteiger partial charge on any atom is -0.356 e. The number of carbonyl (C=O) groups excluding carboxylic acids is 1. The second kappa shape index (κ2) is 7.74. The number of nitrogens with two attached hydrogens (primary N) is 1. The molecule has 0 spiro atoms. The zero-order valence-corrected chi connectivity index (χ0v) is 12.9. The SMILES string of the molecule is CCN(CC)C(=O)[C@]1(c2ccccc2)C[C@@H]1CN.O=[N+]([O-])[O-]. The molecule has 0 heterocycles. The van der Waals surface area contributed by atoms with Gasteiger partial charge in [-0.3, -0.25) is 4.79 Å². The Balaban J connectivity index is 0.000000541. The van der Waals surface area contributed by atoms with Crippen LogP contribution in [0, 0.1) is 21.2 Å². The third-order valence-electron chi connectivity index (χ3n) is 4.11. The first-order valence-corrected chi connectivity index (χ1v) is 7.30. The molecule has 122 valence electrons. The molecule has 7 nitrogen and oxygen atoms in total. The number of nitrogens with zero attached hydrogens (tertiary/aromatic N) is 2. The van der Waals surface area contributed by atoms with Crippen LogP contribution in [0.2, 0.25) is 0 Å². The zero-order valence-electron chi connectivity index (χ0n) is 12.9. The lowest BCUT2D eigenvalue weighted by Crippen LogP contribution is -2.40. The van der Waals surface area contributed by atoms with E-state index in [2.05, 4.69) is 12.1 Å². The van der Waals surface area contributed by atoms with Crippen molar-refractivity contribution < 1.29 is 9.88 Å². The van der Waals surface area contributed by atoms with Gasteiger partial charge in [-0.2, -0.15) is 0 Å². The Kier molecular flexibility index (Phi) is 6.30. The van der Waals surface area contributed by atoms with Crippen LogP contribution < -0.4 is 5.73 Å². The number of benzene rings is 1. The van der Waals surface area contributed by atoms with Crippen LogP contribution >= 0.6 is 0 Å². The van der Waals surface area contributed by atoms with Gasteiger partial charge in [0.1, 0.15) is 0 Å². The Labute approximate surface area is 129 Å². The molecule has 0 saturated heterocycles. The Bertz CT molecular complexity index is 501. The first-order chi connectivity index (χ1) is 10.4. The molecular weight excluding hydrogens is 286 g/mol. The predicted molar refractivity (Wildman–Crippen MR) is 83.6 cm³/mol. The molecule has 0 aromatic heterocycles. The number of rotatable bonds is 5. The second-order valence-electron chi connectivity index (χ2n) is 5.18. The van der Waals surface area contributed by atoms with Crippen molar-refractivity contribution >= 4 is 5.91 Å². The molecule has 0 unspecified atom stereocenters. The van der Waals surface area contributed by atoms with E-state index in [-0.39, 0.29) is 11.3 Å². The van der Waals surface area contributed by atoms with E-state index in [0.717, 1.165) is 25.1 Å². The van der Waals surface area contributed by atoms with Crippen LogP contribution in [-0.2, 0) is 10.2 Å². The van der Waals surface area contributed by atoms with Gasteiger partial charge in [-0.05, 0) is 38.3 Å². The molecule has 2 rings (SSSR count). The molecule has 7 heteroatoms. The molecule has 1 fully saturated rings. The van der Waals surface area contributed by atoms with Crippen LogP contribution in [0.4, 0.5) is 0 Å². The van der Waals surface area contributed by atoms with Crippen molar-refractivity contribution in [2.45, 2.75) is 25.7 Å². The van der Waals surface area contributed by atoms with Crippen LogP contribution in [0.1, 0.15) is 25.8 Å². The first kappa shape index (κ1) is 17.9. The van der Waals surface area contributed by atoms with E-state index in [1.54, 1.807) is 0 Å². The van der Waals surface area contributed by atoms with E-state index in [0.29, 0.717) is 12.5 Å². The van der Waals surface area contributed by atoms with Crippen molar-refractivity contribution in [2.24, 2.45) is 11.7 Å². The van der Waals surface area contributed by atoms with Gasteiger partial charge in [0.15, 0.2) is 0 Å². The highest BCUT2D eigenvalue weighted by Crippen LogP contribution is 2.54. The fourth-order valence-electron chi connectivity index (χ4n) is 2.88. The maximum absolute atomic E-state index is 12.7. The summed E-state index contributed by atoms with van der Waals surface area (Å²) in [4.78, 5) is 22.9. The van der Waals surface area contributed by atoms with Crippen LogP contribution in [0.25, 0.3) is 0 Å². The Morgan fingerprint density at radius 3 is 2.18 bits per heavy atom. The lowest BCUT2D eigenvalue weighted by atomic mass is 9.91. The van der Waals surface area contributed by atoms with Gasteiger partial charge in [0.2, 0.25) is 5.91 Å². The van der Waals surface area contributed by atoms with Crippen molar-refractivity contribution in [1.82, 2.24) is 4.90 Å². The van der Waals surface area contributed by atoms with Crippen LogP contribution in [0.3, 0.4) is 0 Å². The van der Waals surface area contributed by atoms with E-state index >= 15 is 0 Å². The fourth-order valence-corrected chi connectivity index (χ4v) is 2.88. The van der Waals surface area contributed by atoms with Crippen molar-refractivity contribution in [1.29, 1.82) is 0 Å². The Hall–Kier alpha value is -2.15. The normalized spacial score (nSPS) is 22.2. The van der Waals surface area contributed by atoms with Crippen molar-refractivity contribution in [3.63, 3.8) is 0 Å². The van der Waals surface area contributed by atoms with E-state index in [1.807, 2.05) is 36.9 Å². The van der Waals surface area contributed by atoms with Gasteiger partial charge >= 0.3 is 0 Å². The van der Waals surface area contributed by atoms with Crippen LogP contribution in [0.15, 0.2) is 30.3 Å². The standard InChI is InChI=1S/C15H22N2O.NO3/c1-3-17(4-2)14(18)15(10-13(15)11-16)12-8-6-5-7-9-12;2-1(3)4/h5-9,13H,3-4,10-11,16H2,1-2H3;/q;-1/t13-,15+;/m1./s1. The van der Waals surface area contributed by atoms with Crippen molar-refractivity contribution in [3.8, 4) is 0 Å². The Morgan fingerprint density at radius 1 is 1.32 bits per heavy atom. The molecule has 0 bridgehead atoms. The van der Waals surface area contributed by atoms with Gasteiger partial charge in [-0.15, -0.1) is 0 Å². The number of hydrogen-bond donors (Lipinski definition) is 1. The summed E-state index contributed by atoms with van der Waals surface area (Å²) >= 11 is 0. The summed E-state index contributed by atoms with van der Waals surface area (Å²) in [6.07, 6.45) is 0.892. The van der Waals surface area contributed by atoms with E-state index in [4.69, 9.17) is 21.1 Å². The maximum Gasteiger partial charge on any atom is 0.233 e. The van der Waals surface area contributed by atoms with Crippen LogP contribution in [-0.4, -0.2) is 35.5 Å². The minimum absolute atomic E-state index is 0.245. The number of likely N-dealkylation sites (N-methyl/N-ethyl adjacent to an activating group) is 1. The summed E-state index contributed by atoms with van der Waals surface area (Å²) in [7, 11) is 0. The van der Waals surface area contributed by atoms with Crippen LogP contribution in [0.5, 0.6) is 0 Å². The molecule has 1 aromatic rings. The smallest absolute Gasteiger partial charge is 0.233 e. The topological polar surface area (TPSA) is 113 Å². The molecule has 2 atom stereocenters. The minimum atomic E-state index is -1.75. The largest absolute Gasteiger partial charge is 0.356 e. The molecule has 1 aliphatic carbocycles. The third kappa shape index (κ3) is 3.73. The molecule has 0 aliphatic heterocycles. The monoisotopic (exact) mass is 308 g/mol. The van der Waals surface area contributed by atoms with Gasteiger partial charge < -0.3 is 26.0 Å². The summed E-state index contributed by atoms with van der Waals surface area (Å²) in [6.45, 7) is 6.17. The molecule has 0 radical (unpaired) electrons. The molecule has 1 saturated carbocycles. The summed E-state index contributed by atoms with van der Waals surface area (Å²) in [5, 5.41) is 14.8. The number of amides is 1. The summed E-state index contributed by atoms with van der Waals surface area (Å²) in [5.74, 6) is 0.544. The summed E-state index contributed by atoms with van der Waals surface area (Å²) < 4.78 is 0. The lowest BCUT2D eigenvalue weighted by molar-refractivity contribution is -0.402. The fraction of sp³-hybridized carbons (Fsp3) is 0.533. The number of carbonyl (C=O) groups is 1. The molecule has 2 N–H and O–H groups in total. The van der Waals surface area contributed by atoms with Gasteiger partial charge in [0, 0.05) is 13.1 Å². The van der Waals surface area contributed by atoms with E-state index in [1.165, 1.54) is 0 Å². The highest BCUT2D eigenvalue weighted by Gasteiger charge is 2.61. The third-order valence-corrected chi connectivity index (χ3v) is 4.11. The Morgan fingerprint density at radius 2 is 1.82 bits per heavy atom. The van der Waals surface area contributed by atoms with E-state index < -0.39 is 5.09 Å². The predicted octanol–water partition coefficient (Wildman–Crippen LogP) is 1.53. The van der Waals surface area contributed by atoms with Gasteiger partial charge in [0.25, 0.3) is 0 Å². The zero-order chi connectivity index (χ0) is 16.8. The molecular formula is C15H22N3O4-. The second-order valence-corrected chi connectivity index (χ2v) is 5.18. The van der Waals surface area contributed by atoms with Crippen molar-refractivity contribution in [2.75, 3.05) is 19.6 Å². The average molecular weight is 308 g/mol. The van der Waals surface area contributed by atoms with Gasteiger partial charge in [0.05, 0.1) is 10.5 Å². The van der Waals surface area contributed by atoms with Gasteiger partial charge in [-0.1, -0.05) is 30.3 Å². The molecule has 22 heavy (non-hydrogen) atoms. The quantitative estimate of drug-likeness (QED) is 0.654. The highest BCUT2D eigenvalue weighted by molar-refractivity contribution is 5.92. The van der Waals surface area contributed by atoms with Crippen molar-refractivity contribution in [3.05, 3.63) is 51.2 Å².